The summed E-state index contributed by atoms with van der Waals surface area (Å²) in [5, 5.41) is 9.07. The number of halogens is 1. The number of aliphatic hydroxyl groups excluding tert-OH is 1. The van der Waals surface area contributed by atoms with Gasteiger partial charge in [0, 0.05) is 19.2 Å². The Morgan fingerprint density at radius 1 is 1.40 bits per heavy atom. The molecule has 0 bridgehead atoms. The molecule has 1 aliphatic heterocycles. The summed E-state index contributed by atoms with van der Waals surface area (Å²) in [7, 11) is -3.75. The average Bonchev–Trinajstić information content (AvgIpc) is 2.39. The number of rotatable bonds is 4. The summed E-state index contributed by atoms with van der Waals surface area (Å²) in [6.07, 6.45) is 2.85. The summed E-state index contributed by atoms with van der Waals surface area (Å²) in [6.45, 7) is 0.347. The first-order valence-electron chi connectivity index (χ1n) is 6.64. The van der Waals surface area contributed by atoms with E-state index in [0.717, 1.165) is 31.4 Å². The van der Waals surface area contributed by atoms with Gasteiger partial charge >= 0.3 is 0 Å². The van der Waals surface area contributed by atoms with Crippen LogP contribution in [0.15, 0.2) is 23.1 Å². The molecule has 5 nitrogen and oxygen atoms in total. The van der Waals surface area contributed by atoms with E-state index in [1.807, 2.05) is 0 Å². The second-order valence-corrected chi connectivity index (χ2v) is 6.82. The van der Waals surface area contributed by atoms with Gasteiger partial charge in [-0.3, -0.25) is 0 Å². The van der Waals surface area contributed by atoms with Gasteiger partial charge in [0.15, 0.2) is 0 Å². The van der Waals surface area contributed by atoms with Crippen LogP contribution < -0.4 is 5.73 Å². The Bertz CT molecular complexity index is 575. The Kier molecular flexibility index (Phi) is 4.62. The molecular weight excluding hydrogens is 283 g/mol. The van der Waals surface area contributed by atoms with Crippen LogP contribution in [0.2, 0.25) is 0 Å². The average molecular weight is 302 g/mol. The van der Waals surface area contributed by atoms with Gasteiger partial charge in [-0.05, 0) is 37.5 Å². The Morgan fingerprint density at radius 2 is 2.15 bits per heavy atom. The highest BCUT2D eigenvalue weighted by atomic mass is 32.2. The van der Waals surface area contributed by atoms with E-state index < -0.39 is 15.8 Å². The Balaban J connectivity index is 2.37. The van der Waals surface area contributed by atoms with E-state index in [2.05, 4.69) is 0 Å². The van der Waals surface area contributed by atoms with Gasteiger partial charge in [0.05, 0.1) is 5.69 Å². The molecule has 1 aromatic rings. The van der Waals surface area contributed by atoms with Crippen molar-refractivity contribution in [3.8, 4) is 0 Å². The summed E-state index contributed by atoms with van der Waals surface area (Å²) in [4.78, 5) is -0.0660. The molecule has 1 saturated heterocycles. The highest BCUT2D eigenvalue weighted by Gasteiger charge is 2.34. The van der Waals surface area contributed by atoms with Crippen LogP contribution in [-0.2, 0) is 10.0 Å². The zero-order valence-corrected chi connectivity index (χ0v) is 11.9. The predicted octanol–water partition coefficient (Wildman–Crippen LogP) is 1.33. The van der Waals surface area contributed by atoms with E-state index in [0.29, 0.717) is 13.0 Å². The summed E-state index contributed by atoms with van der Waals surface area (Å²) in [6, 6.07) is 3.08. The van der Waals surface area contributed by atoms with Crippen molar-refractivity contribution in [2.24, 2.45) is 0 Å². The number of anilines is 1. The molecule has 112 valence electrons. The zero-order valence-electron chi connectivity index (χ0n) is 11.1. The molecule has 0 aliphatic carbocycles. The minimum Gasteiger partial charge on any atom is -0.398 e. The molecule has 0 aromatic heterocycles. The van der Waals surface area contributed by atoms with Crippen molar-refractivity contribution in [3.63, 3.8) is 0 Å². The van der Waals surface area contributed by atoms with Crippen molar-refractivity contribution in [3.05, 3.63) is 24.0 Å². The number of nitrogens with two attached hydrogens (primary N) is 1. The van der Waals surface area contributed by atoms with Gasteiger partial charge in [0.1, 0.15) is 10.7 Å². The van der Waals surface area contributed by atoms with Gasteiger partial charge < -0.3 is 10.8 Å². The lowest BCUT2D eigenvalue weighted by molar-refractivity contribution is 0.192. The summed E-state index contributed by atoms with van der Waals surface area (Å²) in [5.41, 5.74) is 5.55. The van der Waals surface area contributed by atoms with Crippen LogP contribution in [0.4, 0.5) is 10.1 Å². The van der Waals surface area contributed by atoms with Crippen LogP contribution in [-0.4, -0.2) is 37.0 Å². The SMILES string of the molecule is Nc1cc(F)ccc1S(=O)(=O)N1CCCCC1CCO. The maximum absolute atomic E-state index is 13.1. The lowest BCUT2D eigenvalue weighted by atomic mass is 10.0. The fourth-order valence-electron chi connectivity index (χ4n) is 2.61. The van der Waals surface area contributed by atoms with Crippen molar-refractivity contribution in [2.75, 3.05) is 18.9 Å². The summed E-state index contributed by atoms with van der Waals surface area (Å²) < 4.78 is 39.7. The maximum atomic E-state index is 13.1. The smallest absolute Gasteiger partial charge is 0.245 e. The molecule has 1 atom stereocenters. The molecule has 7 heteroatoms. The second kappa shape index (κ2) is 6.07. The predicted molar refractivity (Wildman–Crippen MR) is 74.0 cm³/mol. The molecule has 0 saturated carbocycles. The van der Waals surface area contributed by atoms with Crippen LogP contribution >= 0.6 is 0 Å². The number of sulfonamides is 1. The first-order chi connectivity index (χ1) is 9.46. The first kappa shape index (κ1) is 15.2. The molecular formula is C13H19FN2O3S. The lowest BCUT2D eigenvalue weighted by Gasteiger charge is -2.34. The third-order valence-electron chi connectivity index (χ3n) is 3.59. The number of piperidine rings is 1. The highest BCUT2D eigenvalue weighted by Crippen LogP contribution is 2.29. The van der Waals surface area contributed by atoms with Gasteiger partial charge in [-0.15, -0.1) is 0 Å². The molecule has 1 fully saturated rings. The maximum Gasteiger partial charge on any atom is 0.245 e. The first-order valence-corrected chi connectivity index (χ1v) is 8.08. The van der Waals surface area contributed by atoms with Crippen LogP contribution in [0.1, 0.15) is 25.7 Å². The molecule has 1 aromatic carbocycles. The molecule has 2 rings (SSSR count). The Labute approximate surface area is 118 Å². The van der Waals surface area contributed by atoms with Crippen molar-refractivity contribution in [2.45, 2.75) is 36.6 Å². The fourth-order valence-corrected chi connectivity index (χ4v) is 4.43. The minimum absolute atomic E-state index is 0.0599. The fraction of sp³-hybridized carbons (Fsp3) is 0.538. The summed E-state index contributed by atoms with van der Waals surface area (Å²) >= 11 is 0. The quantitative estimate of drug-likeness (QED) is 0.822. The molecule has 1 unspecified atom stereocenters. The molecule has 0 spiro atoms. The van der Waals surface area contributed by atoms with Crippen LogP contribution in [0.5, 0.6) is 0 Å². The highest BCUT2D eigenvalue weighted by molar-refractivity contribution is 7.89. The van der Waals surface area contributed by atoms with Crippen molar-refractivity contribution < 1.29 is 17.9 Å². The van der Waals surface area contributed by atoms with Gasteiger partial charge in [0.2, 0.25) is 10.0 Å². The number of hydrogen-bond donors (Lipinski definition) is 2. The van der Waals surface area contributed by atoms with Crippen molar-refractivity contribution in [1.29, 1.82) is 0 Å². The molecule has 0 radical (unpaired) electrons. The largest absolute Gasteiger partial charge is 0.398 e. The van der Waals surface area contributed by atoms with Crippen LogP contribution in [0.3, 0.4) is 0 Å². The lowest BCUT2D eigenvalue weighted by Crippen LogP contribution is -2.44. The van der Waals surface area contributed by atoms with Gasteiger partial charge in [-0.1, -0.05) is 6.42 Å². The molecule has 1 heterocycles. The van der Waals surface area contributed by atoms with Gasteiger partial charge in [-0.25, -0.2) is 12.8 Å². The summed E-state index contributed by atoms with van der Waals surface area (Å²) in [5.74, 6) is -0.563. The van der Waals surface area contributed by atoms with E-state index >= 15 is 0 Å². The van der Waals surface area contributed by atoms with E-state index in [1.54, 1.807) is 0 Å². The zero-order chi connectivity index (χ0) is 14.8. The van der Waals surface area contributed by atoms with Crippen molar-refractivity contribution >= 4 is 15.7 Å². The molecule has 1 aliphatic rings. The number of benzene rings is 1. The number of aliphatic hydroxyl groups is 1. The normalized spacial score (nSPS) is 21.0. The molecule has 20 heavy (non-hydrogen) atoms. The number of nitrogens with zero attached hydrogens (tertiary/aromatic N) is 1. The third-order valence-corrected chi connectivity index (χ3v) is 5.62. The standard InChI is InChI=1S/C13H19FN2O3S/c14-10-4-5-13(12(15)9-10)20(18,19)16-7-2-1-3-11(16)6-8-17/h4-5,9,11,17H,1-3,6-8,15H2. The third kappa shape index (κ3) is 2.94. The van der Waals surface area contributed by atoms with E-state index in [9.17, 15) is 12.8 Å². The van der Waals surface area contributed by atoms with Gasteiger partial charge in [0.25, 0.3) is 0 Å². The molecule has 3 N–H and O–H groups in total. The second-order valence-electron chi connectivity index (χ2n) is 4.96. The monoisotopic (exact) mass is 302 g/mol. The Hall–Kier alpha value is -1.18. The number of nitrogen functional groups attached to an aromatic ring is 1. The van der Waals surface area contributed by atoms with Crippen LogP contribution in [0, 0.1) is 5.82 Å². The van der Waals surface area contributed by atoms with Crippen LogP contribution in [0.25, 0.3) is 0 Å². The topological polar surface area (TPSA) is 83.6 Å². The van der Waals surface area contributed by atoms with E-state index in [1.165, 1.54) is 10.4 Å². The minimum atomic E-state index is -3.75. The van der Waals surface area contributed by atoms with Gasteiger partial charge in [-0.2, -0.15) is 4.31 Å². The Morgan fingerprint density at radius 3 is 2.80 bits per heavy atom. The number of hydrogen-bond acceptors (Lipinski definition) is 4. The molecule has 0 amide bonds. The van der Waals surface area contributed by atoms with Crippen molar-refractivity contribution in [1.82, 2.24) is 4.31 Å². The van der Waals surface area contributed by atoms with E-state index in [4.69, 9.17) is 10.8 Å². The van der Waals surface area contributed by atoms with E-state index in [-0.39, 0.29) is 23.2 Å².